The van der Waals surface area contributed by atoms with E-state index in [2.05, 4.69) is 37.1 Å². The van der Waals surface area contributed by atoms with Crippen molar-refractivity contribution in [2.24, 2.45) is 7.05 Å². The summed E-state index contributed by atoms with van der Waals surface area (Å²) in [4.78, 5) is 0. The fourth-order valence-corrected chi connectivity index (χ4v) is 2.08. The Bertz CT molecular complexity index is 523. The van der Waals surface area contributed by atoms with Crippen LogP contribution in [0.2, 0.25) is 5.02 Å². The normalized spacial score (nSPS) is 10.8. The van der Waals surface area contributed by atoms with Crippen LogP contribution in [0.1, 0.15) is 11.1 Å². The van der Waals surface area contributed by atoms with Gasteiger partial charge < -0.3 is 5.73 Å². The molecule has 1 aromatic heterocycles. The molecular formula is C12H14ClN3. The molecule has 0 aliphatic carbocycles. The standard InChI is InChI=1S/C12H14ClN3/c1-7-4-8(2)6-9(5-7)11-10(13)12(14)16(3)15-11/h4-6H,14H2,1-3H3. The Balaban J connectivity index is 2.62. The number of anilines is 1. The molecule has 0 spiro atoms. The van der Waals surface area contributed by atoms with Gasteiger partial charge in [0, 0.05) is 12.6 Å². The van der Waals surface area contributed by atoms with Gasteiger partial charge in [0.1, 0.15) is 16.5 Å². The molecule has 1 aromatic carbocycles. The number of aromatic nitrogens is 2. The molecule has 0 aliphatic heterocycles. The summed E-state index contributed by atoms with van der Waals surface area (Å²) in [6, 6.07) is 6.23. The van der Waals surface area contributed by atoms with Gasteiger partial charge in [0.15, 0.2) is 0 Å². The average Bonchev–Trinajstić information content (AvgIpc) is 2.44. The average molecular weight is 236 g/mol. The molecule has 0 aliphatic rings. The molecule has 0 unspecified atom stereocenters. The van der Waals surface area contributed by atoms with Crippen molar-refractivity contribution < 1.29 is 0 Å². The van der Waals surface area contributed by atoms with E-state index in [9.17, 15) is 0 Å². The largest absolute Gasteiger partial charge is 0.383 e. The predicted octanol–water partition coefficient (Wildman–Crippen LogP) is 2.94. The molecule has 84 valence electrons. The van der Waals surface area contributed by atoms with Crippen LogP contribution in [0, 0.1) is 13.8 Å². The molecule has 0 saturated carbocycles. The Morgan fingerprint density at radius 2 is 1.75 bits per heavy atom. The molecule has 3 nitrogen and oxygen atoms in total. The van der Waals surface area contributed by atoms with E-state index in [0.717, 1.165) is 11.3 Å². The summed E-state index contributed by atoms with van der Waals surface area (Å²) < 4.78 is 1.59. The first-order chi connectivity index (χ1) is 7.49. The van der Waals surface area contributed by atoms with Gasteiger partial charge in [0.05, 0.1) is 0 Å². The predicted molar refractivity (Wildman–Crippen MR) is 67.5 cm³/mol. The second kappa shape index (κ2) is 3.83. The minimum absolute atomic E-state index is 0.496. The number of hydrogen-bond acceptors (Lipinski definition) is 2. The van der Waals surface area contributed by atoms with Crippen LogP contribution in [-0.4, -0.2) is 9.78 Å². The lowest BCUT2D eigenvalue weighted by molar-refractivity contribution is 0.782. The van der Waals surface area contributed by atoms with Crippen LogP contribution in [-0.2, 0) is 7.05 Å². The highest BCUT2D eigenvalue weighted by Gasteiger charge is 2.13. The third-order valence-electron chi connectivity index (χ3n) is 2.53. The molecule has 0 bridgehead atoms. The summed E-state index contributed by atoms with van der Waals surface area (Å²) in [6.45, 7) is 4.10. The molecule has 16 heavy (non-hydrogen) atoms. The molecule has 4 heteroatoms. The minimum atomic E-state index is 0.496. The van der Waals surface area contributed by atoms with Gasteiger partial charge >= 0.3 is 0 Å². The lowest BCUT2D eigenvalue weighted by atomic mass is 10.1. The highest BCUT2D eigenvalue weighted by Crippen LogP contribution is 2.32. The van der Waals surface area contributed by atoms with Gasteiger partial charge in [-0.3, -0.25) is 4.68 Å². The summed E-state index contributed by atoms with van der Waals surface area (Å²) >= 11 is 6.14. The van der Waals surface area contributed by atoms with E-state index in [0.29, 0.717) is 10.8 Å². The van der Waals surface area contributed by atoms with Crippen LogP contribution in [0.5, 0.6) is 0 Å². The molecule has 0 radical (unpaired) electrons. The molecular weight excluding hydrogens is 222 g/mol. The Morgan fingerprint density at radius 1 is 1.19 bits per heavy atom. The van der Waals surface area contributed by atoms with Gasteiger partial charge in [0.25, 0.3) is 0 Å². The zero-order valence-corrected chi connectivity index (χ0v) is 10.3. The van der Waals surface area contributed by atoms with E-state index >= 15 is 0 Å². The molecule has 1 heterocycles. The van der Waals surface area contributed by atoms with Crippen molar-refractivity contribution in [3.63, 3.8) is 0 Å². The zero-order valence-electron chi connectivity index (χ0n) is 9.58. The third-order valence-corrected chi connectivity index (χ3v) is 2.90. The Hall–Kier alpha value is -1.48. The SMILES string of the molecule is Cc1cc(C)cc(-c2nn(C)c(N)c2Cl)c1. The number of nitrogens with two attached hydrogens (primary N) is 1. The smallest absolute Gasteiger partial charge is 0.140 e. The number of hydrogen-bond donors (Lipinski definition) is 1. The lowest BCUT2D eigenvalue weighted by Gasteiger charge is -2.02. The van der Waals surface area contributed by atoms with Crippen molar-refractivity contribution >= 4 is 17.4 Å². The highest BCUT2D eigenvalue weighted by atomic mass is 35.5. The summed E-state index contributed by atoms with van der Waals surface area (Å²) in [5.41, 5.74) is 9.92. The maximum Gasteiger partial charge on any atom is 0.140 e. The number of rotatable bonds is 1. The van der Waals surface area contributed by atoms with Crippen molar-refractivity contribution in [3.05, 3.63) is 34.3 Å². The second-order valence-electron chi connectivity index (χ2n) is 4.05. The number of nitrogens with zero attached hydrogens (tertiary/aromatic N) is 2. The molecule has 0 amide bonds. The number of nitrogen functional groups attached to an aromatic ring is 1. The monoisotopic (exact) mass is 235 g/mol. The van der Waals surface area contributed by atoms with E-state index in [-0.39, 0.29) is 0 Å². The molecule has 2 N–H and O–H groups in total. The summed E-state index contributed by atoms with van der Waals surface area (Å²) in [5, 5.41) is 4.84. The van der Waals surface area contributed by atoms with Gasteiger partial charge in [-0.05, 0) is 26.0 Å². The quantitative estimate of drug-likeness (QED) is 0.826. The minimum Gasteiger partial charge on any atom is -0.383 e. The Kier molecular flexibility index (Phi) is 2.64. The molecule has 2 aromatic rings. The topological polar surface area (TPSA) is 43.8 Å². The van der Waals surface area contributed by atoms with Crippen molar-refractivity contribution in [2.45, 2.75) is 13.8 Å². The van der Waals surface area contributed by atoms with E-state index in [1.54, 1.807) is 11.7 Å². The maximum absolute atomic E-state index is 6.14. The van der Waals surface area contributed by atoms with Crippen molar-refractivity contribution in [1.29, 1.82) is 0 Å². The number of aryl methyl sites for hydroxylation is 3. The van der Waals surface area contributed by atoms with Crippen LogP contribution in [0.4, 0.5) is 5.82 Å². The summed E-state index contributed by atoms with van der Waals surface area (Å²) in [7, 11) is 1.79. The van der Waals surface area contributed by atoms with Crippen molar-refractivity contribution in [2.75, 3.05) is 5.73 Å². The van der Waals surface area contributed by atoms with Crippen LogP contribution < -0.4 is 5.73 Å². The third kappa shape index (κ3) is 1.78. The molecule has 2 rings (SSSR count). The van der Waals surface area contributed by atoms with Crippen LogP contribution in [0.3, 0.4) is 0 Å². The molecule has 0 atom stereocenters. The molecule has 0 fully saturated rings. The van der Waals surface area contributed by atoms with E-state index in [4.69, 9.17) is 17.3 Å². The summed E-state index contributed by atoms with van der Waals surface area (Å²) in [5.74, 6) is 0.496. The van der Waals surface area contributed by atoms with Crippen molar-refractivity contribution in [1.82, 2.24) is 9.78 Å². The van der Waals surface area contributed by atoms with E-state index in [1.807, 2.05) is 0 Å². The number of benzene rings is 1. The molecule has 0 saturated heterocycles. The first kappa shape index (κ1) is 11.0. The van der Waals surface area contributed by atoms with Gasteiger partial charge in [-0.15, -0.1) is 0 Å². The van der Waals surface area contributed by atoms with Gasteiger partial charge in [0.2, 0.25) is 0 Å². The van der Waals surface area contributed by atoms with Gasteiger partial charge in [-0.25, -0.2) is 0 Å². The number of halogens is 1. The fourth-order valence-electron chi connectivity index (χ4n) is 1.81. The van der Waals surface area contributed by atoms with Crippen LogP contribution >= 0.6 is 11.6 Å². The van der Waals surface area contributed by atoms with Crippen LogP contribution in [0.25, 0.3) is 11.3 Å². The Labute approximate surface area is 99.8 Å². The highest BCUT2D eigenvalue weighted by molar-refractivity contribution is 6.35. The second-order valence-corrected chi connectivity index (χ2v) is 4.43. The Morgan fingerprint density at radius 3 is 2.19 bits per heavy atom. The van der Waals surface area contributed by atoms with E-state index < -0.39 is 0 Å². The van der Waals surface area contributed by atoms with Gasteiger partial charge in [-0.2, -0.15) is 5.10 Å². The zero-order chi connectivity index (χ0) is 11.9. The van der Waals surface area contributed by atoms with Crippen molar-refractivity contribution in [3.8, 4) is 11.3 Å². The first-order valence-electron chi connectivity index (χ1n) is 5.05. The fraction of sp³-hybridized carbons (Fsp3) is 0.250. The van der Waals surface area contributed by atoms with E-state index in [1.165, 1.54) is 11.1 Å². The first-order valence-corrected chi connectivity index (χ1v) is 5.43. The maximum atomic E-state index is 6.14. The summed E-state index contributed by atoms with van der Waals surface area (Å²) in [6.07, 6.45) is 0. The van der Waals surface area contributed by atoms with Gasteiger partial charge in [-0.1, -0.05) is 28.8 Å². The van der Waals surface area contributed by atoms with Crippen LogP contribution in [0.15, 0.2) is 18.2 Å². The lowest BCUT2D eigenvalue weighted by Crippen LogP contribution is -1.97.